The molecule has 0 unspecified atom stereocenters. The molecular formula is C29H37N5O4. The highest BCUT2D eigenvalue weighted by molar-refractivity contribution is 6.09. The fraction of sp³-hybridized carbons (Fsp3) is 0.517. The number of methoxy groups -OCH3 is 1. The Morgan fingerprint density at radius 1 is 1.05 bits per heavy atom. The van der Waals surface area contributed by atoms with Gasteiger partial charge in [-0.1, -0.05) is 13.0 Å². The lowest BCUT2D eigenvalue weighted by molar-refractivity contribution is -0.125. The van der Waals surface area contributed by atoms with Gasteiger partial charge in [-0.2, -0.15) is 0 Å². The van der Waals surface area contributed by atoms with Crippen LogP contribution in [0.1, 0.15) is 67.1 Å². The van der Waals surface area contributed by atoms with Gasteiger partial charge in [0.2, 0.25) is 5.91 Å². The lowest BCUT2D eigenvalue weighted by atomic mass is 9.91. The zero-order chi connectivity index (χ0) is 26.6. The number of aryl methyl sites for hydroxylation is 2. The second-order valence-corrected chi connectivity index (χ2v) is 10.5. The summed E-state index contributed by atoms with van der Waals surface area (Å²) >= 11 is 0. The number of H-pyrrole nitrogens is 1. The van der Waals surface area contributed by atoms with E-state index in [1.807, 2.05) is 13.0 Å². The molecule has 2 saturated carbocycles. The van der Waals surface area contributed by atoms with Crippen LogP contribution in [0.25, 0.3) is 22.3 Å². The van der Waals surface area contributed by atoms with Crippen molar-refractivity contribution in [3.8, 4) is 17.0 Å². The zero-order valence-electron chi connectivity index (χ0n) is 22.4. The molecule has 0 aliphatic heterocycles. The maximum Gasteiger partial charge on any atom is 0.255 e. The van der Waals surface area contributed by atoms with Gasteiger partial charge in [0.15, 0.2) is 0 Å². The number of carbonyl (C=O) groups excluding carboxylic acids is 2. The number of hydrogen-bond donors (Lipinski definition) is 3. The van der Waals surface area contributed by atoms with Crippen molar-refractivity contribution < 1.29 is 19.1 Å². The minimum Gasteiger partial charge on any atom is -0.493 e. The van der Waals surface area contributed by atoms with E-state index in [-0.39, 0.29) is 30.5 Å². The van der Waals surface area contributed by atoms with Gasteiger partial charge in [0.1, 0.15) is 29.9 Å². The van der Waals surface area contributed by atoms with Crippen LogP contribution in [-0.2, 0) is 16.0 Å². The van der Waals surface area contributed by atoms with Crippen molar-refractivity contribution in [2.75, 3.05) is 20.3 Å². The average Bonchev–Trinajstić information content (AvgIpc) is 3.68. The largest absolute Gasteiger partial charge is 0.493 e. The molecule has 2 heterocycles. The van der Waals surface area contributed by atoms with Crippen molar-refractivity contribution in [2.24, 2.45) is 5.92 Å². The highest BCUT2D eigenvalue weighted by Gasteiger charge is 2.27. The molecule has 202 valence electrons. The fourth-order valence-corrected chi connectivity index (χ4v) is 5.24. The first-order chi connectivity index (χ1) is 18.5. The Labute approximate surface area is 223 Å². The second-order valence-electron chi connectivity index (χ2n) is 10.5. The fourth-order valence-electron chi connectivity index (χ4n) is 5.24. The highest BCUT2D eigenvalue weighted by atomic mass is 16.5. The van der Waals surface area contributed by atoms with Crippen LogP contribution in [0.15, 0.2) is 24.5 Å². The Bertz CT molecular complexity index is 1310. The third kappa shape index (κ3) is 5.83. The van der Waals surface area contributed by atoms with Crippen LogP contribution in [0.3, 0.4) is 0 Å². The first-order valence-electron chi connectivity index (χ1n) is 13.6. The Hall–Kier alpha value is -3.46. The molecular weight excluding hydrogens is 482 g/mol. The van der Waals surface area contributed by atoms with E-state index in [0.29, 0.717) is 23.6 Å². The third-order valence-corrected chi connectivity index (χ3v) is 7.58. The van der Waals surface area contributed by atoms with Crippen molar-refractivity contribution >= 4 is 22.8 Å². The molecule has 2 fully saturated rings. The van der Waals surface area contributed by atoms with Crippen molar-refractivity contribution in [1.82, 2.24) is 25.6 Å². The first kappa shape index (κ1) is 26.2. The van der Waals surface area contributed by atoms with Gasteiger partial charge in [0.25, 0.3) is 5.91 Å². The average molecular weight is 520 g/mol. The summed E-state index contributed by atoms with van der Waals surface area (Å²) in [5.41, 5.74) is 5.51. The standard InChI is InChI=1S/C29H37N5O4/c1-4-18-7-12-23(38-14-19-5-6-19)22(13-18)26-28-27(31-16-30-26)25(17(2)32-28)29(36)34-21-10-8-20(9-11-21)33-24(35)15-37-3/h7,12-13,16,19-21,32H,4-6,8-11,14-15H2,1-3H3,(H,33,35)(H,34,36)/t20-,21-. The zero-order valence-corrected chi connectivity index (χ0v) is 22.4. The van der Waals surface area contributed by atoms with Crippen LogP contribution in [0.2, 0.25) is 0 Å². The van der Waals surface area contributed by atoms with Gasteiger partial charge in [0, 0.05) is 30.5 Å². The van der Waals surface area contributed by atoms with E-state index in [9.17, 15) is 9.59 Å². The molecule has 9 heteroatoms. The van der Waals surface area contributed by atoms with Crippen LogP contribution >= 0.6 is 0 Å². The number of aromatic amines is 1. The molecule has 2 aliphatic carbocycles. The maximum absolute atomic E-state index is 13.5. The van der Waals surface area contributed by atoms with Gasteiger partial charge >= 0.3 is 0 Å². The van der Waals surface area contributed by atoms with Crippen LogP contribution in [0.5, 0.6) is 5.75 Å². The summed E-state index contributed by atoms with van der Waals surface area (Å²) in [5, 5.41) is 6.20. The SMILES string of the molecule is CCc1ccc(OCC2CC2)c(-c2ncnc3c(C(=O)N[C@H]4CC[C@H](NC(=O)COC)CC4)c(C)[nH]c23)c1. The lowest BCUT2D eigenvalue weighted by Gasteiger charge is -2.29. The predicted octanol–water partition coefficient (Wildman–Crippen LogP) is 4.09. The Morgan fingerprint density at radius 3 is 2.47 bits per heavy atom. The number of ether oxygens (including phenoxy) is 2. The molecule has 5 rings (SSSR count). The van der Waals surface area contributed by atoms with Gasteiger partial charge in [0.05, 0.1) is 17.7 Å². The molecule has 38 heavy (non-hydrogen) atoms. The van der Waals surface area contributed by atoms with Crippen LogP contribution in [0, 0.1) is 12.8 Å². The summed E-state index contributed by atoms with van der Waals surface area (Å²) in [7, 11) is 1.51. The Balaban J connectivity index is 1.35. The number of nitrogens with zero attached hydrogens (tertiary/aromatic N) is 2. The van der Waals surface area contributed by atoms with Gasteiger partial charge < -0.3 is 25.1 Å². The summed E-state index contributed by atoms with van der Waals surface area (Å²) in [6, 6.07) is 6.42. The van der Waals surface area contributed by atoms with Crippen molar-refractivity contribution in [3.05, 3.63) is 41.3 Å². The number of rotatable bonds is 10. The van der Waals surface area contributed by atoms with E-state index in [2.05, 4.69) is 44.6 Å². The van der Waals surface area contributed by atoms with Crippen LogP contribution in [-0.4, -0.2) is 59.2 Å². The quantitative estimate of drug-likeness (QED) is 0.371. The molecule has 0 bridgehead atoms. The summed E-state index contributed by atoms with van der Waals surface area (Å²) in [5.74, 6) is 1.20. The van der Waals surface area contributed by atoms with Gasteiger partial charge in [-0.15, -0.1) is 0 Å². The van der Waals surface area contributed by atoms with Crippen LogP contribution < -0.4 is 15.4 Å². The molecule has 0 saturated heterocycles. The van der Waals surface area contributed by atoms with Gasteiger partial charge in [-0.25, -0.2) is 9.97 Å². The highest BCUT2D eigenvalue weighted by Crippen LogP contribution is 2.37. The number of aromatic nitrogens is 3. The summed E-state index contributed by atoms with van der Waals surface area (Å²) in [6.45, 7) is 4.80. The number of hydrogen-bond acceptors (Lipinski definition) is 6. The molecule has 2 amide bonds. The van der Waals surface area contributed by atoms with E-state index in [0.717, 1.165) is 60.3 Å². The van der Waals surface area contributed by atoms with Crippen molar-refractivity contribution in [2.45, 2.75) is 70.9 Å². The normalized spacial score (nSPS) is 19.3. The topological polar surface area (TPSA) is 118 Å². The Morgan fingerprint density at radius 2 is 1.79 bits per heavy atom. The molecule has 3 aromatic rings. The van der Waals surface area contributed by atoms with Crippen molar-refractivity contribution in [1.29, 1.82) is 0 Å². The lowest BCUT2D eigenvalue weighted by Crippen LogP contribution is -2.44. The molecule has 1 aromatic carbocycles. The van der Waals surface area contributed by atoms with Gasteiger partial charge in [-0.05, 0) is 75.5 Å². The summed E-state index contributed by atoms with van der Waals surface area (Å²) < 4.78 is 11.1. The molecule has 0 radical (unpaired) electrons. The monoisotopic (exact) mass is 519 g/mol. The molecule has 0 atom stereocenters. The maximum atomic E-state index is 13.5. The van der Waals surface area contributed by atoms with E-state index >= 15 is 0 Å². The molecule has 2 aromatic heterocycles. The van der Waals surface area contributed by atoms with E-state index in [1.54, 1.807) is 0 Å². The van der Waals surface area contributed by atoms with Crippen molar-refractivity contribution in [3.63, 3.8) is 0 Å². The number of fused-ring (bicyclic) bond motifs is 1. The third-order valence-electron chi connectivity index (χ3n) is 7.58. The minimum absolute atomic E-state index is 0.0485. The Kier molecular flexibility index (Phi) is 7.93. The molecule has 0 spiro atoms. The number of carbonyl (C=O) groups is 2. The first-order valence-corrected chi connectivity index (χ1v) is 13.6. The van der Waals surface area contributed by atoms with E-state index < -0.39 is 0 Å². The number of nitrogens with one attached hydrogen (secondary N) is 3. The minimum atomic E-state index is -0.141. The predicted molar refractivity (Wildman–Crippen MR) is 145 cm³/mol. The summed E-state index contributed by atoms with van der Waals surface area (Å²) in [4.78, 5) is 37.8. The van der Waals surface area contributed by atoms with Gasteiger partial charge in [-0.3, -0.25) is 9.59 Å². The van der Waals surface area contributed by atoms with Crippen LogP contribution in [0.4, 0.5) is 0 Å². The van der Waals surface area contributed by atoms with E-state index in [4.69, 9.17) is 9.47 Å². The smallest absolute Gasteiger partial charge is 0.255 e. The molecule has 2 aliphatic rings. The number of amides is 2. The summed E-state index contributed by atoms with van der Waals surface area (Å²) in [6.07, 6.45) is 8.11. The second kappa shape index (κ2) is 11.5. The molecule has 9 nitrogen and oxygen atoms in total. The number of benzene rings is 1. The molecule has 3 N–H and O–H groups in total. The van der Waals surface area contributed by atoms with E-state index in [1.165, 1.54) is 31.8 Å².